The molecular weight excluding hydrogens is 292 g/mol. The van der Waals surface area contributed by atoms with Crippen LogP contribution in [0.3, 0.4) is 0 Å². The minimum atomic E-state index is -0.194. The zero-order valence-electron chi connectivity index (χ0n) is 12.5. The van der Waals surface area contributed by atoms with E-state index in [0.29, 0.717) is 5.69 Å². The van der Waals surface area contributed by atoms with Crippen LogP contribution in [-0.2, 0) is 13.0 Å². The molecule has 0 radical (unpaired) electrons. The van der Waals surface area contributed by atoms with E-state index < -0.39 is 0 Å². The van der Waals surface area contributed by atoms with Gasteiger partial charge in [-0.3, -0.25) is 4.79 Å². The van der Waals surface area contributed by atoms with Crippen molar-refractivity contribution < 1.29 is 4.79 Å². The Bertz CT molecular complexity index is 822. The molecule has 2 aromatic heterocycles. The predicted molar refractivity (Wildman–Crippen MR) is 83.2 cm³/mol. The van der Waals surface area contributed by atoms with Crippen molar-refractivity contribution in [3.05, 3.63) is 60.4 Å². The molecule has 3 heterocycles. The first-order chi connectivity index (χ1) is 11.3. The lowest BCUT2D eigenvalue weighted by molar-refractivity contribution is 0.0922. The number of benzene rings is 1. The summed E-state index contributed by atoms with van der Waals surface area (Å²) in [5.41, 5.74) is 1.15. The normalized spacial score (nSPS) is 16.8. The van der Waals surface area contributed by atoms with Gasteiger partial charge in [0, 0.05) is 31.4 Å². The van der Waals surface area contributed by atoms with E-state index in [1.54, 1.807) is 6.20 Å². The molecule has 0 unspecified atom stereocenters. The molecule has 1 N–H and O–H groups in total. The van der Waals surface area contributed by atoms with Crippen molar-refractivity contribution in [3.8, 4) is 5.69 Å². The topological polar surface area (TPSA) is 77.6 Å². The van der Waals surface area contributed by atoms with Crippen LogP contribution in [-0.4, -0.2) is 36.5 Å². The third-order valence-electron chi connectivity index (χ3n) is 3.98. The summed E-state index contributed by atoms with van der Waals surface area (Å²) in [6.45, 7) is 0.744. The van der Waals surface area contributed by atoms with Crippen LogP contribution in [0.5, 0.6) is 0 Å². The maximum absolute atomic E-state index is 12.4. The summed E-state index contributed by atoms with van der Waals surface area (Å²) >= 11 is 0. The molecule has 7 heteroatoms. The minimum Gasteiger partial charge on any atom is -0.346 e. The molecule has 116 valence electrons. The van der Waals surface area contributed by atoms with E-state index in [2.05, 4.69) is 25.1 Å². The highest BCUT2D eigenvalue weighted by Crippen LogP contribution is 2.13. The number of aromatic nitrogens is 5. The lowest BCUT2D eigenvalue weighted by Crippen LogP contribution is -2.41. The monoisotopic (exact) mass is 308 g/mol. The van der Waals surface area contributed by atoms with Crippen molar-refractivity contribution in [3.63, 3.8) is 0 Å². The Hall–Kier alpha value is -2.96. The van der Waals surface area contributed by atoms with Gasteiger partial charge in [0.05, 0.1) is 11.9 Å². The summed E-state index contributed by atoms with van der Waals surface area (Å²) in [4.78, 5) is 18.1. The fourth-order valence-electron chi connectivity index (χ4n) is 2.80. The number of carbonyl (C=O) groups is 1. The number of nitrogens with one attached hydrogen (secondary N) is 1. The van der Waals surface area contributed by atoms with Crippen molar-refractivity contribution in [1.29, 1.82) is 0 Å². The summed E-state index contributed by atoms with van der Waals surface area (Å²) in [5.74, 6) is 0.881. The van der Waals surface area contributed by atoms with Crippen LogP contribution in [0.25, 0.3) is 5.69 Å². The average Bonchev–Trinajstić information content (AvgIpc) is 3.24. The van der Waals surface area contributed by atoms with E-state index in [1.807, 2.05) is 36.5 Å². The maximum atomic E-state index is 12.4. The summed E-state index contributed by atoms with van der Waals surface area (Å²) in [7, 11) is 0. The number of fused-ring (bicyclic) bond motifs is 1. The molecule has 1 aliphatic rings. The Morgan fingerprint density at radius 3 is 3.00 bits per heavy atom. The van der Waals surface area contributed by atoms with Crippen LogP contribution in [0.2, 0.25) is 0 Å². The number of para-hydroxylation sites is 1. The molecule has 0 spiro atoms. The van der Waals surface area contributed by atoms with Gasteiger partial charge in [0.25, 0.3) is 5.91 Å². The molecular formula is C16H16N6O. The van der Waals surface area contributed by atoms with Gasteiger partial charge >= 0.3 is 0 Å². The van der Waals surface area contributed by atoms with E-state index >= 15 is 0 Å². The molecule has 1 atom stereocenters. The zero-order chi connectivity index (χ0) is 15.6. The van der Waals surface area contributed by atoms with Crippen LogP contribution in [0.1, 0.15) is 22.7 Å². The van der Waals surface area contributed by atoms with Crippen LogP contribution in [0.4, 0.5) is 0 Å². The highest BCUT2D eigenvalue weighted by atomic mass is 16.2. The predicted octanol–water partition coefficient (Wildman–Crippen LogP) is 1.21. The molecule has 4 rings (SSSR count). The molecule has 0 fully saturated rings. The van der Waals surface area contributed by atoms with Gasteiger partial charge in [0.15, 0.2) is 5.69 Å². The molecule has 1 aromatic carbocycles. The number of imidazole rings is 1. The Morgan fingerprint density at radius 2 is 2.13 bits per heavy atom. The number of rotatable bonds is 3. The van der Waals surface area contributed by atoms with Crippen LogP contribution in [0, 0.1) is 0 Å². The van der Waals surface area contributed by atoms with Crippen molar-refractivity contribution in [2.45, 2.75) is 25.4 Å². The summed E-state index contributed by atoms with van der Waals surface area (Å²) in [6, 6.07) is 9.61. The van der Waals surface area contributed by atoms with Gasteiger partial charge in [-0.15, -0.1) is 5.10 Å². The molecule has 1 aliphatic heterocycles. The highest BCUT2D eigenvalue weighted by Gasteiger charge is 2.22. The maximum Gasteiger partial charge on any atom is 0.273 e. The van der Waals surface area contributed by atoms with Gasteiger partial charge in [-0.05, 0) is 18.6 Å². The fraction of sp³-hybridized carbons (Fsp3) is 0.250. The third-order valence-corrected chi connectivity index (χ3v) is 3.98. The van der Waals surface area contributed by atoms with E-state index in [0.717, 1.165) is 30.9 Å². The van der Waals surface area contributed by atoms with Gasteiger partial charge in [0.2, 0.25) is 0 Å². The van der Waals surface area contributed by atoms with Crippen LogP contribution >= 0.6 is 0 Å². The summed E-state index contributed by atoms with van der Waals surface area (Å²) in [5, 5.41) is 11.4. The first-order valence-corrected chi connectivity index (χ1v) is 7.58. The standard InChI is InChI=1S/C16H16N6O/c23-16(19-12-6-7-15-17-8-9-21(15)11-12)14-10-18-22(20-14)13-4-2-1-3-5-13/h1-5,8-10,12H,6-7,11H2,(H,19,23)/t12-/m0/s1. The second-order valence-electron chi connectivity index (χ2n) is 5.56. The number of amides is 1. The minimum absolute atomic E-state index is 0.0890. The molecule has 0 saturated carbocycles. The largest absolute Gasteiger partial charge is 0.346 e. The van der Waals surface area contributed by atoms with E-state index in [4.69, 9.17) is 0 Å². The molecule has 0 aliphatic carbocycles. The molecule has 3 aromatic rings. The third kappa shape index (κ3) is 2.73. The van der Waals surface area contributed by atoms with Crippen LogP contribution in [0.15, 0.2) is 48.9 Å². The van der Waals surface area contributed by atoms with Gasteiger partial charge in [-0.2, -0.15) is 9.90 Å². The molecule has 0 bridgehead atoms. The molecule has 7 nitrogen and oxygen atoms in total. The molecule has 0 saturated heterocycles. The van der Waals surface area contributed by atoms with E-state index in [9.17, 15) is 4.79 Å². The lowest BCUT2D eigenvalue weighted by atomic mass is 10.1. The van der Waals surface area contributed by atoms with Crippen molar-refractivity contribution in [1.82, 2.24) is 29.9 Å². The number of nitrogens with zero attached hydrogens (tertiary/aromatic N) is 5. The van der Waals surface area contributed by atoms with Gasteiger partial charge in [-0.1, -0.05) is 18.2 Å². The number of hydrogen-bond donors (Lipinski definition) is 1. The highest BCUT2D eigenvalue weighted by molar-refractivity contribution is 5.92. The van der Waals surface area contributed by atoms with Crippen molar-refractivity contribution >= 4 is 5.91 Å². The Kier molecular flexibility index (Phi) is 3.38. The Labute approximate surface area is 133 Å². The van der Waals surface area contributed by atoms with Crippen molar-refractivity contribution in [2.24, 2.45) is 0 Å². The van der Waals surface area contributed by atoms with E-state index in [1.165, 1.54) is 11.0 Å². The number of hydrogen-bond acceptors (Lipinski definition) is 4. The Morgan fingerprint density at radius 1 is 1.26 bits per heavy atom. The fourth-order valence-corrected chi connectivity index (χ4v) is 2.80. The molecule has 23 heavy (non-hydrogen) atoms. The zero-order valence-corrected chi connectivity index (χ0v) is 12.5. The first kappa shape index (κ1) is 13.7. The van der Waals surface area contributed by atoms with Gasteiger partial charge in [0.1, 0.15) is 5.82 Å². The van der Waals surface area contributed by atoms with Crippen molar-refractivity contribution in [2.75, 3.05) is 0 Å². The van der Waals surface area contributed by atoms with E-state index in [-0.39, 0.29) is 11.9 Å². The SMILES string of the molecule is O=C(N[C@H]1CCc2nccn2C1)c1cnn(-c2ccccc2)n1. The summed E-state index contributed by atoms with van der Waals surface area (Å²) < 4.78 is 2.08. The quantitative estimate of drug-likeness (QED) is 0.789. The van der Waals surface area contributed by atoms with Gasteiger partial charge < -0.3 is 9.88 Å². The number of carbonyl (C=O) groups excluding carboxylic acids is 1. The van der Waals surface area contributed by atoms with Crippen LogP contribution < -0.4 is 5.32 Å². The lowest BCUT2D eigenvalue weighted by Gasteiger charge is -2.24. The number of aryl methyl sites for hydroxylation is 1. The second kappa shape index (κ2) is 5.68. The van der Waals surface area contributed by atoms with Gasteiger partial charge in [-0.25, -0.2) is 4.98 Å². The summed E-state index contributed by atoms with van der Waals surface area (Å²) in [6.07, 6.45) is 6.99. The molecule has 1 amide bonds. The smallest absolute Gasteiger partial charge is 0.273 e. The Balaban J connectivity index is 1.45. The second-order valence-corrected chi connectivity index (χ2v) is 5.56. The first-order valence-electron chi connectivity index (χ1n) is 7.58. The average molecular weight is 308 g/mol.